The van der Waals surface area contributed by atoms with Crippen molar-refractivity contribution in [3.63, 3.8) is 0 Å². The van der Waals surface area contributed by atoms with Crippen LogP contribution < -0.4 is 0 Å². The van der Waals surface area contributed by atoms with E-state index in [4.69, 9.17) is 0 Å². The minimum Gasteiger partial charge on any atom is -0.303 e. The number of fused-ring (bicyclic) bond motifs is 14. The molecule has 126 heavy (non-hydrogen) atoms. The molecule has 0 aliphatic carbocycles. The van der Waals surface area contributed by atoms with Crippen LogP contribution in [0.4, 0.5) is 105 Å². The zero-order valence-electron chi connectivity index (χ0n) is 63.8. The van der Waals surface area contributed by atoms with Crippen molar-refractivity contribution in [2.24, 2.45) is 0 Å². The van der Waals surface area contributed by atoms with E-state index in [0.29, 0.717) is 81.5 Å². The Bertz CT molecular complexity index is 7800. The molecule has 0 fully saturated rings. The highest BCUT2D eigenvalue weighted by Crippen LogP contribution is 2.63. The van der Waals surface area contributed by atoms with Crippen LogP contribution in [-0.4, -0.2) is 26.4 Å². The molecule has 0 aliphatic rings. The maximum absolute atomic E-state index is 15.5. The van der Waals surface area contributed by atoms with Crippen molar-refractivity contribution >= 4 is 110 Å². The van der Waals surface area contributed by atoms with Gasteiger partial charge in [-0.3, -0.25) is 0 Å². The average Bonchev–Trinajstić information content (AvgIpc) is 1.44. The highest BCUT2D eigenvalue weighted by molar-refractivity contribution is 6.37. The monoisotopic (exact) mass is 1740 g/mol. The van der Waals surface area contributed by atoms with Crippen molar-refractivity contribution in [3.05, 3.63) is 298 Å². The van der Waals surface area contributed by atoms with E-state index in [-0.39, 0.29) is 177 Å². The number of rotatable bonds is 8. The second-order valence-electron chi connectivity index (χ2n) is 31.5. The molecular weight excluding hydrogens is 1690 g/mol. The van der Waals surface area contributed by atoms with Gasteiger partial charge >= 0.3 is 49.4 Å². The number of nitrogens with zero attached hydrogens (tertiary/aromatic N) is 6. The van der Waals surface area contributed by atoms with Gasteiger partial charge < -0.3 is 26.4 Å². The Morgan fingerprint density at radius 1 is 0.151 bits per heavy atom. The van der Waals surface area contributed by atoms with Crippen LogP contribution in [0.25, 0.3) is 199 Å². The summed E-state index contributed by atoms with van der Waals surface area (Å²) < 4.78 is 380. The lowest BCUT2D eigenvalue weighted by molar-refractivity contribution is -0.138. The molecule has 0 N–H and O–H groups in total. The molecule has 22 rings (SSSR count). The van der Waals surface area contributed by atoms with E-state index in [1.54, 1.807) is 80.0 Å². The molecule has 0 aliphatic heterocycles. The van der Waals surface area contributed by atoms with Crippen LogP contribution in [0.5, 0.6) is 0 Å². The first-order valence-corrected chi connectivity index (χ1v) is 38.5. The van der Waals surface area contributed by atoms with Crippen LogP contribution in [0, 0.1) is 13.8 Å². The number of benzene rings is 11. The highest BCUT2D eigenvalue weighted by Gasteiger charge is 2.46. The van der Waals surface area contributed by atoms with Crippen molar-refractivity contribution in [2.75, 3.05) is 0 Å². The third kappa shape index (κ3) is 10.8. The van der Waals surface area contributed by atoms with Crippen LogP contribution in [0.3, 0.4) is 0 Å². The standard InChI is InChI=1S/C96H46F24N6/c1-43-61-7-3-5-9-63(61)121-73(43)75-65(45-11-27-53(28-12-45)89(97,98)99)67(47-15-31-55(32-16-47)91(103,104)105)77-79-69(49-19-35-57(36-20-49)93(109,110)111)71(51-23-39-59(40-24-51)95(115,116)117)81-82-72(52-25-41-60(42-26-52)96(118,119)120)70(50-21-37-58(38-22-50)94(112,113)114)80-78-68(48-17-33-56(34-18-48)92(106,107)108)66(46-13-29-54(30-14-46)90(100,101)102)76-74-44(2)62-8-4-6-10-64(62)122(74)84-83(121)85(123(75)77)87(125(79)81)88(126(80)82)86(84)124(76)78/h3-42H,1-2H3. The van der Waals surface area contributed by atoms with Crippen LogP contribution in [0.1, 0.15) is 55.6 Å². The van der Waals surface area contributed by atoms with Gasteiger partial charge in [0.05, 0.1) is 144 Å². The number of aryl methyl sites for hydroxylation is 2. The lowest BCUT2D eigenvalue weighted by Gasteiger charge is -2.25. The van der Waals surface area contributed by atoms with Crippen molar-refractivity contribution < 1.29 is 105 Å². The molecule has 11 heterocycles. The van der Waals surface area contributed by atoms with Crippen molar-refractivity contribution in [3.8, 4) is 89.0 Å². The summed E-state index contributed by atoms with van der Waals surface area (Å²) in [7, 11) is 0. The second-order valence-corrected chi connectivity index (χ2v) is 31.5. The minimum absolute atomic E-state index is 0.0193. The molecule has 0 spiro atoms. The topological polar surface area (TPSA) is 26.5 Å². The zero-order chi connectivity index (χ0) is 88.3. The number of aromatic nitrogens is 6. The van der Waals surface area contributed by atoms with Crippen LogP contribution in [0.15, 0.2) is 243 Å². The summed E-state index contributed by atoms with van der Waals surface area (Å²) in [5.41, 5.74) is -11.0. The fourth-order valence-electron chi connectivity index (χ4n) is 19.6. The first-order valence-electron chi connectivity index (χ1n) is 38.5. The molecule has 6 nitrogen and oxygen atoms in total. The van der Waals surface area contributed by atoms with Crippen molar-refractivity contribution in [1.29, 1.82) is 0 Å². The molecule has 0 atom stereocenters. The summed E-state index contributed by atoms with van der Waals surface area (Å²) in [6, 6.07) is 42.3. The predicted molar refractivity (Wildman–Crippen MR) is 432 cm³/mol. The molecule has 11 aromatic heterocycles. The first kappa shape index (κ1) is 78.0. The Kier molecular flexibility index (Phi) is 15.7. The number of hydrogen-bond donors (Lipinski definition) is 0. The fraction of sp³-hybridized carbons (Fsp3) is 0.104. The minimum atomic E-state index is -5.13. The zero-order valence-corrected chi connectivity index (χ0v) is 63.8. The maximum Gasteiger partial charge on any atom is 0.416 e. The number of para-hydroxylation sites is 2. The molecule has 0 bridgehead atoms. The Morgan fingerprint density at radius 2 is 0.286 bits per heavy atom. The van der Waals surface area contributed by atoms with Crippen LogP contribution >= 0.6 is 0 Å². The smallest absolute Gasteiger partial charge is 0.303 e. The van der Waals surface area contributed by atoms with Crippen molar-refractivity contribution in [1.82, 2.24) is 26.4 Å². The van der Waals surface area contributed by atoms with E-state index >= 15 is 105 Å². The van der Waals surface area contributed by atoms with Gasteiger partial charge in [0.1, 0.15) is 0 Å². The molecule has 0 saturated carbocycles. The van der Waals surface area contributed by atoms with Gasteiger partial charge in [0.25, 0.3) is 0 Å². The fourth-order valence-corrected chi connectivity index (χ4v) is 19.6. The third-order valence-electron chi connectivity index (χ3n) is 24.8. The lowest BCUT2D eigenvalue weighted by Crippen LogP contribution is -2.12. The molecule has 628 valence electrons. The molecule has 30 heteroatoms. The highest BCUT2D eigenvalue weighted by atomic mass is 19.4. The summed E-state index contributed by atoms with van der Waals surface area (Å²) in [4.78, 5) is 0. The van der Waals surface area contributed by atoms with E-state index in [1.165, 1.54) is 0 Å². The van der Waals surface area contributed by atoms with Crippen LogP contribution in [0.2, 0.25) is 0 Å². The third-order valence-corrected chi connectivity index (χ3v) is 24.8. The number of alkyl halides is 24. The summed E-state index contributed by atoms with van der Waals surface area (Å²) in [6.07, 6.45) is -40.6. The van der Waals surface area contributed by atoms with Crippen molar-refractivity contribution in [2.45, 2.75) is 63.3 Å². The number of hydrogen-bond acceptors (Lipinski definition) is 0. The summed E-state index contributed by atoms with van der Waals surface area (Å²) >= 11 is 0. The molecule has 0 radical (unpaired) electrons. The largest absolute Gasteiger partial charge is 0.416 e. The van der Waals surface area contributed by atoms with Crippen LogP contribution in [-0.2, 0) is 49.4 Å². The molecule has 0 unspecified atom stereocenters. The Labute approximate surface area is 689 Å². The van der Waals surface area contributed by atoms with E-state index < -0.39 is 93.9 Å². The number of halogens is 24. The summed E-state index contributed by atoms with van der Waals surface area (Å²) in [5.74, 6) is 0. The predicted octanol–water partition coefficient (Wildman–Crippen LogP) is 31.1. The Morgan fingerprint density at radius 3 is 0.437 bits per heavy atom. The van der Waals surface area contributed by atoms with E-state index in [9.17, 15) is 0 Å². The van der Waals surface area contributed by atoms with Gasteiger partial charge in [-0.1, -0.05) is 133 Å². The lowest BCUT2D eigenvalue weighted by atomic mass is 9.90. The van der Waals surface area contributed by atoms with Gasteiger partial charge in [0.2, 0.25) is 0 Å². The normalized spacial score (nSPS) is 13.6. The summed E-state index contributed by atoms with van der Waals surface area (Å²) in [5, 5.41) is 0.964. The molecule has 0 amide bonds. The van der Waals surface area contributed by atoms with Gasteiger partial charge in [-0.15, -0.1) is 0 Å². The summed E-state index contributed by atoms with van der Waals surface area (Å²) in [6.45, 7) is 3.45. The second kappa shape index (κ2) is 25.4. The van der Waals surface area contributed by atoms with Gasteiger partial charge in [0.15, 0.2) is 0 Å². The quantitative estimate of drug-likeness (QED) is 0.0824. The maximum atomic E-state index is 15.5. The van der Waals surface area contributed by atoms with E-state index in [0.717, 1.165) is 146 Å². The Hall–Kier alpha value is -14.1. The van der Waals surface area contributed by atoms with Gasteiger partial charge in [-0.2, -0.15) is 105 Å². The van der Waals surface area contributed by atoms with Gasteiger partial charge in [0, 0.05) is 55.3 Å². The molecule has 0 saturated heterocycles. The molecule has 22 aromatic rings. The SMILES string of the molecule is Cc1c2ccccc2n2c1c1c(-c3ccc(C(F)(F)F)cc3)c(-c3ccc(C(F)(F)F)cc3)c3c4c(-c5ccc(C(F)(F)F)cc5)c(-c5ccc(C(F)(F)F)cc5)c5c6c(-c7ccc(C(F)(F)F)cc7)c(-c7ccc(C(F)(F)F)cc7)c7c8c(-c9ccc(C(F)(F)F)cc9)c(-c9ccc(C(F)(F)F)cc9)c9c%10c(C)c%11ccccc%11n%10c%10c2c(c(c(c%10n98)n76)n45)n13. The van der Waals surface area contributed by atoms with E-state index in [1.807, 2.05) is 8.80 Å². The molecular formula is C96H46F24N6. The van der Waals surface area contributed by atoms with Gasteiger partial charge in [-0.25, -0.2) is 0 Å². The van der Waals surface area contributed by atoms with E-state index in [2.05, 4.69) is 0 Å². The van der Waals surface area contributed by atoms with Gasteiger partial charge in [-0.05, 0) is 179 Å². The average molecular weight is 1740 g/mol. The Balaban J connectivity index is 1.16. The molecule has 11 aromatic carbocycles. The first-order chi connectivity index (χ1) is 59.5.